The number of hydrogen-bond donors (Lipinski definition) is 1. The number of hydrogen-bond acceptors (Lipinski definition) is 4. The molecule has 1 aromatic carbocycles. The molecule has 0 unspecified atom stereocenters. The molecule has 202 valence electrons. The number of fused-ring (bicyclic) bond motifs is 2. The highest BCUT2D eigenvalue weighted by atomic mass is 16.6. The maximum Gasteiger partial charge on any atom is 0.410 e. The normalized spacial score (nSPS) is 46.4. The third-order valence-corrected chi connectivity index (χ3v) is 12.4. The van der Waals surface area contributed by atoms with Crippen molar-refractivity contribution in [3.63, 3.8) is 0 Å². The van der Waals surface area contributed by atoms with E-state index in [1.807, 2.05) is 35.2 Å². The molecular weight excluding hydrogens is 474 g/mol. The molecule has 0 radical (unpaired) electrons. The number of aliphatic hydroxyl groups excluding tert-OH is 1. The molecule has 1 aliphatic heterocycles. The molecule has 8 atom stereocenters. The first-order valence-electron chi connectivity index (χ1n) is 14.8. The van der Waals surface area contributed by atoms with Gasteiger partial charge in [0, 0.05) is 33.9 Å². The van der Waals surface area contributed by atoms with E-state index in [2.05, 4.69) is 39.0 Å². The fourth-order valence-electron chi connectivity index (χ4n) is 10.6. The minimum atomic E-state index is -0.492. The summed E-state index contributed by atoms with van der Waals surface area (Å²) in [5.41, 5.74) is 0.303. The Morgan fingerprint density at radius 1 is 1.03 bits per heavy atom. The summed E-state index contributed by atoms with van der Waals surface area (Å²) < 4.78 is 6.38. The lowest BCUT2D eigenvalue weighted by Crippen LogP contribution is -2.67. The molecule has 3 spiro atoms. The maximum atomic E-state index is 14.4. The molecule has 1 heterocycles. The Balaban J connectivity index is 1.39. The summed E-state index contributed by atoms with van der Waals surface area (Å²) in [5.74, 6) is 0.681. The van der Waals surface area contributed by atoms with Gasteiger partial charge < -0.3 is 14.7 Å². The molecule has 4 fully saturated rings. The molecule has 7 aliphatic rings. The topological polar surface area (TPSA) is 66.8 Å². The Labute approximate surface area is 226 Å². The second-order valence-corrected chi connectivity index (χ2v) is 13.8. The van der Waals surface area contributed by atoms with Gasteiger partial charge in [-0.15, -0.1) is 0 Å². The molecule has 6 aliphatic carbocycles. The van der Waals surface area contributed by atoms with Crippen LogP contribution in [0.3, 0.4) is 0 Å². The number of allylic oxidation sites excluding steroid dienone is 4. The Morgan fingerprint density at radius 2 is 1.74 bits per heavy atom. The molecule has 8 rings (SSSR count). The van der Waals surface area contributed by atoms with E-state index in [4.69, 9.17) is 4.74 Å². The Hall–Kier alpha value is -2.40. The summed E-state index contributed by atoms with van der Waals surface area (Å²) in [5, 5.41) is 10.8. The number of Topliss-reactive ketones (excluding diaryl/α,β-unsaturated/α-hetero) is 1. The van der Waals surface area contributed by atoms with Gasteiger partial charge in [0.05, 0.1) is 12.6 Å². The summed E-state index contributed by atoms with van der Waals surface area (Å²) in [6.07, 6.45) is 13.8. The van der Waals surface area contributed by atoms with E-state index < -0.39 is 5.60 Å². The fraction of sp³-hybridized carbons (Fsp3) is 0.636. The number of ether oxygens (including phenoxy) is 1. The standard InChI is InChI=1S/C33H41NO4/c1-4-18-34-21-32(38-28(34)37)15-12-26-30(32,3)14-11-25-29(2)13-10-23(35)19-31(29)16-17-33(25,26)24(20-31)27(36)22-8-6-5-7-9-22/h5-9,16-17,20,23,25-26,35H,4,10-15,18-19,21H2,1-3H3/t23-,25+,26+,29+,30-,31-,32+,33+/m0/s1. The van der Waals surface area contributed by atoms with Crippen molar-refractivity contribution in [2.75, 3.05) is 13.1 Å². The van der Waals surface area contributed by atoms with Crippen LogP contribution in [0.2, 0.25) is 0 Å². The SMILES string of the molecule is CCCN1C[C@@]2(CC[C@H]3[C@]45C=C[C@@]6(C=C4C(=O)c4ccccc4)C[C@@H](O)CC[C@]6(C)[C@H]5CC[C@@]32C)OC1=O. The van der Waals surface area contributed by atoms with E-state index in [0.29, 0.717) is 18.9 Å². The van der Waals surface area contributed by atoms with Gasteiger partial charge in [-0.3, -0.25) is 4.79 Å². The molecule has 2 bridgehead atoms. The maximum absolute atomic E-state index is 14.4. The molecule has 1 saturated heterocycles. The lowest BCUT2D eigenvalue weighted by molar-refractivity contribution is -0.164. The number of benzene rings is 1. The predicted molar refractivity (Wildman–Crippen MR) is 145 cm³/mol. The van der Waals surface area contributed by atoms with Gasteiger partial charge in [-0.25, -0.2) is 4.79 Å². The molecule has 3 saturated carbocycles. The van der Waals surface area contributed by atoms with Gasteiger partial charge in [-0.05, 0) is 68.6 Å². The van der Waals surface area contributed by atoms with Crippen molar-refractivity contribution in [3.8, 4) is 0 Å². The average Bonchev–Trinajstić information content (AvgIpc) is 3.39. The zero-order valence-electron chi connectivity index (χ0n) is 23.0. The number of nitrogens with zero attached hydrogens (tertiary/aromatic N) is 1. The number of ketones is 1. The monoisotopic (exact) mass is 515 g/mol. The Morgan fingerprint density at radius 3 is 2.50 bits per heavy atom. The van der Waals surface area contributed by atoms with Crippen molar-refractivity contribution in [2.45, 2.75) is 83.8 Å². The zero-order chi connectivity index (χ0) is 26.6. The highest BCUT2D eigenvalue weighted by Gasteiger charge is 2.76. The first-order valence-corrected chi connectivity index (χ1v) is 14.8. The number of aliphatic hydroxyl groups is 1. The number of amides is 1. The third-order valence-electron chi connectivity index (χ3n) is 12.4. The van der Waals surface area contributed by atoms with Crippen LogP contribution in [-0.4, -0.2) is 46.7 Å². The second-order valence-electron chi connectivity index (χ2n) is 13.8. The van der Waals surface area contributed by atoms with E-state index in [1.165, 1.54) is 0 Å². The number of carbonyl (C=O) groups is 2. The molecule has 0 aromatic heterocycles. The number of rotatable bonds is 4. The molecule has 5 heteroatoms. The highest BCUT2D eigenvalue weighted by Crippen LogP contribution is 2.79. The summed E-state index contributed by atoms with van der Waals surface area (Å²) in [6.45, 7) is 8.30. The van der Waals surface area contributed by atoms with Crippen LogP contribution in [0.5, 0.6) is 0 Å². The minimum Gasteiger partial charge on any atom is -0.440 e. The summed E-state index contributed by atoms with van der Waals surface area (Å²) in [4.78, 5) is 29.4. The van der Waals surface area contributed by atoms with Crippen LogP contribution >= 0.6 is 0 Å². The van der Waals surface area contributed by atoms with Crippen molar-refractivity contribution in [1.29, 1.82) is 0 Å². The van der Waals surface area contributed by atoms with E-state index >= 15 is 0 Å². The summed E-state index contributed by atoms with van der Waals surface area (Å²) in [6, 6.07) is 9.73. The van der Waals surface area contributed by atoms with E-state index in [0.717, 1.165) is 62.6 Å². The van der Waals surface area contributed by atoms with Gasteiger partial charge in [0.15, 0.2) is 5.78 Å². The van der Waals surface area contributed by atoms with Crippen LogP contribution in [0.1, 0.15) is 82.5 Å². The second kappa shape index (κ2) is 7.84. The summed E-state index contributed by atoms with van der Waals surface area (Å²) >= 11 is 0. The Bertz CT molecular complexity index is 1250. The average molecular weight is 516 g/mol. The quantitative estimate of drug-likeness (QED) is 0.376. The minimum absolute atomic E-state index is 0.000863. The summed E-state index contributed by atoms with van der Waals surface area (Å²) in [7, 11) is 0. The van der Waals surface area contributed by atoms with E-state index in [-0.39, 0.29) is 45.6 Å². The molecular formula is C33H41NO4. The van der Waals surface area contributed by atoms with Crippen LogP contribution < -0.4 is 0 Å². The van der Waals surface area contributed by atoms with E-state index in [9.17, 15) is 14.7 Å². The third kappa shape index (κ3) is 2.77. The number of carbonyl (C=O) groups excluding carboxylic acids is 2. The highest BCUT2D eigenvalue weighted by molar-refractivity contribution is 6.10. The Kier molecular flexibility index (Phi) is 5.08. The molecule has 1 amide bonds. The van der Waals surface area contributed by atoms with Crippen LogP contribution in [0.15, 0.2) is 54.1 Å². The van der Waals surface area contributed by atoms with Gasteiger partial charge in [0.2, 0.25) is 0 Å². The zero-order valence-corrected chi connectivity index (χ0v) is 23.0. The van der Waals surface area contributed by atoms with Crippen molar-refractivity contribution < 1.29 is 19.4 Å². The van der Waals surface area contributed by atoms with Crippen molar-refractivity contribution in [1.82, 2.24) is 4.90 Å². The van der Waals surface area contributed by atoms with Crippen LogP contribution in [0.4, 0.5) is 4.79 Å². The predicted octanol–water partition coefficient (Wildman–Crippen LogP) is 6.33. The lowest BCUT2D eigenvalue weighted by Gasteiger charge is -2.71. The van der Waals surface area contributed by atoms with Gasteiger partial charge >= 0.3 is 6.09 Å². The first kappa shape index (κ1) is 24.6. The van der Waals surface area contributed by atoms with Crippen LogP contribution in [-0.2, 0) is 4.74 Å². The van der Waals surface area contributed by atoms with Crippen molar-refractivity contribution in [2.24, 2.45) is 33.5 Å². The fourth-order valence-corrected chi connectivity index (χ4v) is 10.6. The largest absolute Gasteiger partial charge is 0.440 e. The smallest absolute Gasteiger partial charge is 0.410 e. The van der Waals surface area contributed by atoms with Crippen molar-refractivity contribution >= 4 is 11.9 Å². The van der Waals surface area contributed by atoms with Gasteiger partial charge in [-0.2, -0.15) is 0 Å². The molecule has 1 N–H and O–H groups in total. The van der Waals surface area contributed by atoms with Crippen LogP contribution in [0, 0.1) is 33.5 Å². The van der Waals surface area contributed by atoms with Crippen molar-refractivity contribution in [3.05, 3.63) is 59.7 Å². The van der Waals surface area contributed by atoms with E-state index in [1.54, 1.807) is 0 Å². The van der Waals surface area contributed by atoms with Gasteiger partial charge in [0.1, 0.15) is 5.60 Å². The van der Waals surface area contributed by atoms with Gasteiger partial charge in [-0.1, -0.05) is 69.3 Å². The van der Waals surface area contributed by atoms with Gasteiger partial charge in [0.25, 0.3) is 0 Å². The van der Waals surface area contributed by atoms with Crippen LogP contribution in [0.25, 0.3) is 0 Å². The molecule has 38 heavy (non-hydrogen) atoms. The lowest BCUT2D eigenvalue weighted by atomic mass is 9.32. The molecule has 1 aromatic rings. The first-order chi connectivity index (χ1) is 18.1. The molecule has 5 nitrogen and oxygen atoms in total.